The number of nitrogens with one attached hydrogen (secondary N) is 2. The van der Waals surface area contributed by atoms with Gasteiger partial charge in [-0.1, -0.05) is 0 Å². The number of hydrogen-bond donors (Lipinski definition) is 2. The summed E-state index contributed by atoms with van der Waals surface area (Å²) >= 11 is -2.61. The van der Waals surface area contributed by atoms with Gasteiger partial charge in [0.1, 0.15) is 0 Å². The van der Waals surface area contributed by atoms with Crippen LogP contribution in [-0.4, -0.2) is 18.7 Å². The van der Waals surface area contributed by atoms with Crippen LogP contribution in [0, 0.1) is 0 Å². The maximum Gasteiger partial charge on any atom is -0.147 e. The fourth-order valence-electron chi connectivity index (χ4n) is 2.44. The minimum atomic E-state index is -2.61. The van der Waals surface area contributed by atoms with Crippen LogP contribution < -0.4 is 7.60 Å². The Morgan fingerprint density at radius 2 is 0.938 bits per heavy atom. The van der Waals surface area contributed by atoms with Crippen molar-refractivity contribution >= 4 is 32.4 Å². The maximum absolute atomic E-state index is 3.82. The maximum atomic E-state index is 3.82. The van der Waals surface area contributed by atoms with Gasteiger partial charge in [0.2, 0.25) is 0 Å². The van der Waals surface area contributed by atoms with Crippen molar-refractivity contribution in [2.75, 3.05) is 0 Å². The molecule has 0 amide bonds. The average Bonchev–Trinajstić information content (AvgIpc) is 1.39. The SMILES string of the molecule is CC(C)(C)[NH][Ti]([CH3])([CH3])(=[SiH2])[NH]C(C)(C)C.Cl.Cl. The first-order valence-electron chi connectivity index (χ1n) is 5.35. The van der Waals surface area contributed by atoms with E-state index in [0.29, 0.717) is 0 Å². The van der Waals surface area contributed by atoms with Gasteiger partial charge in [-0.15, -0.1) is 24.8 Å². The molecule has 2 nitrogen and oxygen atoms in total. The van der Waals surface area contributed by atoms with Crippen LogP contribution in [-0.2, 0) is 14.6 Å². The van der Waals surface area contributed by atoms with Crippen LogP contribution in [0.15, 0.2) is 0 Å². The second-order valence-corrected chi connectivity index (χ2v) is 25.4. The van der Waals surface area contributed by atoms with Gasteiger partial charge in [0.25, 0.3) is 0 Å². The molecule has 0 aliphatic carbocycles. The molecule has 0 spiro atoms. The van der Waals surface area contributed by atoms with E-state index in [4.69, 9.17) is 0 Å². The Hall–Kier alpha value is 1.43. The fraction of sp³-hybridized carbons (Fsp3) is 1.00. The number of hydrogen-bond acceptors (Lipinski definition) is 2. The van der Waals surface area contributed by atoms with Crippen molar-refractivity contribution in [1.82, 2.24) is 7.60 Å². The molecule has 2 N–H and O–H groups in total. The van der Waals surface area contributed by atoms with E-state index < -0.39 is 14.6 Å². The molecule has 0 heterocycles. The van der Waals surface area contributed by atoms with Gasteiger partial charge >= 0.3 is 92.9 Å². The zero-order valence-corrected chi connectivity index (χ0v) is 16.6. The van der Waals surface area contributed by atoms with Crippen LogP contribution in [0.3, 0.4) is 0 Å². The number of halogens is 2. The Morgan fingerprint density at radius 3 is 1.06 bits per heavy atom. The van der Waals surface area contributed by atoms with Crippen molar-refractivity contribution < 1.29 is 14.6 Å². The van der Waals surface area contributed by atoms with Crippen molar-refractivity contribution in [2.24, 2.45) is 0 Å². The van der Waals surface area contributed by atoms with Crippen LogP contribution in [0.4, 0.5) is 0 Å². The van der Waals surface area contributed by atoms with Crippen LogP contribution in [0.5, 0.6) is 0 Å². The summed E-state index contributed by atoms with van der Waals surface area (Å²) in [5.74, 6) is 0. The molecule has 0 aromatic carbocycles. The standard InChI is InChI=1S/2C4H10N.2CH3.2ClH.H2Si.Ti/c2*1-4(2,3)5;;;;;;/h2*5H,1-3H3;2*1H3;2*1H;1H2;/q2*-1;;;;;;+2. The summed E-state index contributed by atoms with van der Waals surface area (Å²) in [6.07, 6.45) is 0. The summed E-state index contributed by atoms with van der Waals surface area (Å²) in [6, 6.07) is 0. The Bertz CT molecular complexity index is 252. The Balaban J connectivity index is -0.000000845. The molecule has 0 atom stereocenters. The zero-order chi connectivity index (χ0) is 11.9. The summed E-state index contributed by atoms with van der Waals surface area (Å²) in [7, 11) is 2.15. The van der Waals surface area contributed by atoms with Crippen molar-refractivity contribution in [3.05, 3.63) is 0 Å². The second kappa shape index (κ2) is 6.05. The first kappa shape index (κ1) is 22.6. The van der Waals surface area contributed by atoms with Gasteiger partial charge in [0.15, 0.2) is 0 Å². The Morgan fingerprint density at radius 1 is 0.750 bits per heavy atom. The van der Waals surface area contributed by atoms with E-state index in [1.165, 1.54) is 0 Å². The molecule has 16 heavy (non-hydrogen) atoms. The van der Waals surface area contributed by atoms with Gasteiger partial charge in [-0.05, 0) is 0 Å². The van der Waals surface area contributed by atoms with Crippen LogP contribution >= 0.6 is 24.8 Å². The first-order valence-corrected chi connectivity index (χ1v) is 14.1. The van der Waals surface area contributed by atoms with Crippen molar-refractivity contribution in [1.29, 1.82) is 0 Å². The summed E-state index contributed by atoms with van der Waals surface area (Å²) in [5, 5.41) is 4.79. The van der Waals surface area contributed by atoms with Gasteiger partial charge in [0, 0.05) is 0 Å². The molecule has 0 fully saturated rings. The summed E-state index contributed by atoms with van der Waals surface area (Å²) in [5.41, 5.74) is 0.390. The van der Waals surface area contributed by atoms with Crippen LogP contribution in [0.1, 0.15) is 41.5 Å². The van der Waals surface area contributed by atoms with Crippen molar-refractivity contribution in [3.8, 4) is 0 Å². The second-order valence-electron chi connectivity index (χ2n) is 7.44. The molecule has 102 valence electrons. The van der Waals surface area contributed by atoms with Crippen LogP contribution in [0.25, 0.3) is 0 Å². The molecule has 0 unspecified atom stereocenters. The molecule has 0 saturated carbocycles. The third-order valence-corrected chi connectivity index (χ3v) is 7.86. The number of rotatable bonds is 2. The molecule has 0 aliphatic heterocycles. The van der Waals surface area contributed by atoms with E-state index in [-0.39, 0.29) is 35.9 Å². The molecule has 6 heteroatoms. The summed E-state index contributed by atoms with van der Waals surface area (Å²) < 4.78 is 7.64. The molecule has 0 bridgehead atoms. The van der Waals surface area contributed by atoms with E-state index in [1.54, 1.807) is 0 Å². The normalized spacial score (nSPS) is 13.8. The van der Waals surface area contributed by atoms with Crippen molar-refractivity contribution in [3.63, 3.8) is 0 Å². The predicted molar refractivity (Wildman–Crippen MR) is 80.5 cm³/mol. The summed E-state index contributed by atoms with van der Waals surface area (Å²) in [6.45, 7) is 13.4. The van der Waals surface area contributed by atoms with Gasteiger partial charge < -0.3 is 0 Å². The predicted octanol–water partition coefficient (Wildman–Crippen LogP) is 2.77. The van der Waals surface area contributed by atoms with Gasteiger partial charge in [-0.2, -0.15) is 0 Å². The van der Waals surface area contributed by atoms with Gasteiger partial charge in [-0.3, -0.25) is 0 Å². The van der Waals surface area contributed by atoms with Gasteiger partial charge in [-0.25, -0.2) is 0 Å². The van der Waals surface area contributed by atoms with E-state index in [1.807, 2.05) is 0 Å². The molecule has 0 radical (unpaired) electrons. The topological polar surface area (TPSA) is 24.1 Å². The van der Waals surface area contributed by atoms with E-state index in [0.717, 1.165) is 0 Å². The molecular formula is C10H30Cl2N2SiTi. The van der Waals surface area contributed by atoms with Crippen molar-refractivity contribution in [2.45, 2.75) is 63.1 Å². The molecule has 0 aliphatic rings. The largest absolute Gasteiger partial charge is 0.147 e. The minimum absolute atomic E-state index is 0. The Labute approximate surface area is 117 Å². The fourth-order valence-corrected chi connectivity index (χ4v) is 14.4. The average molecular weight is 325 g/mol. The monoisotopic (exact) mass is 324 g/mol. The quantitative estimate of drug-likeness (QED) is 0.763. The third kappa shape index (κ3) is 13.5. The third-order valence-electron chi connectivity index (χ3n) is 1.55. The molecule has 0 aromatic rings. The first-order chi connectivity index (χ1) is 5.68. The van der Waals surface area contributed by atoms with E-state index >= 15 is 0 Å². The van der Waals surface area contributed by atoms with E-state index in [9.17, 15) is 0 Å². The zero-order valence-electron chi connectivity index (χ0n) is 12.0. The summed E-state index contributed by atoms with van der Waals surface area (Å²) in [4.78, 5) is 0. The molecule has 0 rings (SSSR count). The minimum Gasteiger partial charge on any atom is -0.147 e. The van der Waals surface area contributed by atoms with Crippen LogP contribution in [0.2, 0.25) is 10.5 Å². The molecule has 0 aromatic heterocycles. The smallest absolute Gasteiger partial charge is 0.147 e. The molecular weight excluding hydrogens is 295 g/mol. The van der Waals surface area contributed by atoms with E-state index in [2.05, 4.69) is 67.2 Å². The van der Waals surface area contributed by atoms with Gasteiger partial charge in [0.05, 0.1) is 0 Å². The Kier molecular flexibility index (Phi) is 8.54. The molecule has 0 saturated heterocycles.